The van der Waals surface area contributed by atoms with Crippen LogP contribution in [0, 0.1) is 0 Å². The van der Waals surface area contributed by atoms with Gasteiger partial charge in [-0.25, -0.2) is 0 Å². The van der Waals surface area contributed by atoms with E-state index in [0.29, 0.717) is 36.8 Å². The van der Waals surface area contributed by atoms with Crippen molar-refractivity contribution in [2.45, 2.75) is 32.4 Å². The van der Waals surface area contributed by atoms with Crippen molar-refractivity contribution in [2.24, 2.45) is 0 Å². The molecule has 0 aliphatic heterocycles. The van der Waals surface area contributed by atoms with Crippen LogP contribution >= 0.6 is 0 Å². The van der Waals surface area contributed by atoms with Crippen LogP contribution < -0.4 is 20.3 Å². The maximum Gasteiger partial charge on any atom is 0.248 e. The third-order valence-electron chi connectivity index (χ3n) is 3.66. The first-order valence-electron chi connectivity index (χ1n) is 8.64. The maximum atomic E-state index is 11.7. The summed E-state index contributed by atoms with van der Waals surface area (Å²) in [6.45, 7) is 7.49. The quantitative estimate of drug-likeness (QED) is 0.586. The lowest BCUT2D eigenvalue weighted by atomic mass is 10.1. The number of methoxy groups -OCH3 is 1. The molecule has 2 rings (SSSR count). The van der Waals surface area contributed by atoms with Crippen molar-refractivity contribution in [1.29, 1.82) is 0 Å². The summed E-state index contributed by atoms with van der Waals surface area (Å²) in [5.74, 6) is 1.13. The van der Waals surface area contributed by atoms with Gasteiger partial charge in [-0.05, 0) is 39.0 Å². The van der Waals surface area contributed by atoms with Crippen LogP contribution in [-0.4, -0.2) is 55.2 Å². The van der Waals surface area contributed by atoms with Crippen LogP contribution in [0.25, 0.3) is 10.9 Å². The number of aliphatic hydroxyl groups is 1. The second-order valence-electron chi connectivity index (χ2n) is 7.11. The van der Waals surface area contributed by atoms with Gasteiger partial charge in [-0.2, -0.15) is 0 Å². The number of aromatic nitrogens is 1. The van der Waals surface area contributed by atoms with Gasteiger partial charge in [0.1, 0.15) is 30.8 Å². The van der Waals surface area contributed by atoms with Gasteiger partial charge in [-0.3, -0.25) is 4.79 Å². The number of rotatable bonds is 9. The van der Waals surface area contributed by atoms with Crippen LogP contribution in [0.2, 0.25) is 0 Å². The van der Waals surface area contributed by atoms with Gasteiger partial charge in [0.2, 0.25) is 5.56 Å². The van der Waals surface area contributed by atoms with Crippen molar-refractivity contribution < 1.29 is 19.3 Å². The molecule has 1 atom stereocenters. The molecule has 3 N–H and O–H groups in total. The fraction of sp³-hybridized carbons (Fsp3) is 0.526. The molecule has 0 amide bonds. The topological polar surface area (TPSA) is 92.8 Å². The van der Waals surface area contributed by atoms with Crippen molar-refractivity contribution in [1.82, 2.24) is 10.3 Å². The fourth-order valence-electron chi connectivity index (χ4n) is 2.35. The van der Waals surface area contributed by atoms with Crippen molar-refractivity contribution in [3.63, 3.8) is 0 Å². The van der Waals surface area contributed by atoms with E-state index >= 15 is 0 Å². The van der Waals surface area contributed by atoms with Crippen molar-refractivity contribution in [2.75, 3.05) is 33.5 Å². The number of fused-ring (bicyclic) bond motifs is 1. The molecule has 7 nitrogen and oxygen atoms in total. The minimum absolute atomic E-state index is 0.0750. The third kappa shape index (κ3) is 6.01. The van der Waals surface area contributed by atoms with Crippen molar-refractivity contribution >= 4 is 10.9 Å². The monoisotopic (exact) mass is 364 g/mol. The number of aliphatic hydroxyl groups excluding tert-OH is 1. The predicted molar refractivity (Wildman–Crippen MR) is 101 cm³/mol. The van der Waals surface area contributed by atoms with Crippen molar-refractivity contribution in [3.05, 3.63) is 34.6 Å². The van der Waals surface area contributed by atoms with Gasteiger partial charge in [-0.1, -0.05) is 0 Å². The lowest BCUT2D eigenvalue weighted by Gasteiger charge is -2.23. The highest BCUT2D eigenvalue weighted by Gasteiger charge is 2.14. The number of β-amino-alcohol motifs (C(OH)–C–C–N with tert-alkyl or cyclic N) is 1. The number of H-pyrrole nitrogens is 1. The van der Waals surface area contributed by atoms with E-state index in [2.05, 4.69) is 10.3 Å². The maximum absolute atomic E-state index is 11.7. The van der Waals surface area contributed by atoms with Gasteiger partial charge in [0.25, 0.3) is 0 Å². The number of ether oxygens (including phenoxy) is 3. The van der Waals surface area contributed by atoms with Crippen LogP contribution in [0.3, 0.4) is 0 Å². The molecule has 2 aromatic rings. The minimum Gasteiger partial charge on any atom is -0.490 e. The molecule has 0 radical (unpaired) electrons. The van der Waals surface area contributed by atoms with Crippen LogP contribution in [0.4, 0.5) is 0 Å². The molecule has 144 valence electrons. The van der Waals surface area contributed by atoms with Gasteiger partial charge in [-0.15, -0.1) is 0 Å². The summed E-state index contributed by atoms with van der Waals surface area (Å²) in [4.78, 5) is 14.5. The summed E-state index contributed by atoms with van der Waals surface area (Å²) in [5.41, 5.74) is 0.267. The summed E-state index contributed by atoms with van der Waals surface area (Å²) < 4.78 is 16.4. The standard InChI is InChI=1S/C19H28N2O5/c1-19(2,3)20-11-13(22)12-26-15-6-7-16(25-10-9-24-4)18-14(15)5-8-17(23)21-18/h5-8,13,20,22H,9-12H2,1-4H3,(H,21,23). The fourth-order valence-corrected chi connectivity index (χ4v) is 2.35. The molecule has 1 heterocycles. The molecule has 0 bridgehead atoms. The molecule has 26 heavy (non-hydrogen) atoms. The molecule has 0 aliphatic carbocycles. The molecule has 0 spiro atoms. The molecule has 0 saturated heterocycles. The highest BCUT2D eigenvalue weighted by Crippen LogP contribution is 2.31. The Balaban J connectivity index is 2.13. The Hall–Kier alpha value is -2.09. The molecule has 1 unspecified atom stereocenters. The summed E-state index contributed by atoms with van der Waals surface area (Å²) in [6.07, 6.45) is -0.648. The average Bonchev–Trinajstić information content (AvgIpc) is 2.58. The van der Waals surface area contributed by atoms with E-state index in [9.17, 15) is 9.90 Å². The number of hydrogen-bond acceptors (Lipinski definition) is 6. The van der Waals surface area contributed by atoms with E-state index in [4.69, 9.17) is 14.2 Å². The zero-order valence-corrected chi connectivity index (χ0v) is 15.8. The van der Waals surface area contributed by atoms with Gasteiger partial charge in [0.05, 0.1) is 12.1 Å². The number of aromatic amines is 1. The van der Waals surface area contributed by atoms with Gasteiger partial charge >= 0.3 is 0 Å². The van der Waals surface area contributed by atoms with Crippen LogP contribution in [0.5, 0.6) is 11.5 Å². The average molecular weight is 364 g/mol. The second kappa shape index (κ2) is 9.02. The Morgan fingerprint density at radius 3 is 2.54 bits per heavy atom. The first-order chi connectivity index (χ1) is 12.3. The number of pyridine rings is 1. The number of benzene rings is 1. The first kappa shape index (κ1) is 20.2. The van der Waals surface area contributed by atoms with E-state index in [0.717, 1.165) is 5.39 Å². The van der Waals surface area contributed by atoms with Crippen LogP contribution in [0.15, 0.2) is 29.1 Å². The molecular formula is C19H28N2O5. The van der Waals surface area contributed by atoms with E-state index in [1.54, 1.807) is 25.3 Å². The van der Waals surface area contributed by atoms with Gasteiger partial charge in [0, 0.05) is 30.6 Å². The Kier molecular flexibility index (Phi) is 7.02. The highest BCUT2D eigenvalue weighted by molar-refractivity contribution is 5.89. The molecular weight excluding hydrogens is 336 g/mol. The van der Waals surface area contributed by atoms with E-state index in [1.807, 2.05) is 20.8 Å². The second-order valence-corrected chi connectivity index (χ2v) is 7.11. The SMILES string of the molecule is COCCOc1ccc(OCC(O)CNC(C)(C)C)c2ccc(=O)[nH]c12. The smallest absolute Gasteiger partial charge is 0.248 e. The lowest BCUT2D eigenvalue weighted by Crippen LogP contribution is -2.42. The zero-order chi connectivity index (χ0) is 19.2. The zero-order valence-electron chi connectivity index (χ0n) is 15.8. The molecule has 7 heteroatoms. The first-order valence-corrected chi connectivity index (χ1v) is 8.64. The molecule has 0 saturated carbocycles. The van der Waals surface area contributed by atoms with E-state index in [-0.39, 0.29) is 17.7 Å². The Morgan fingerprint density at radius 1 is 1.12 bits per heavy atom. The third-order valence-corrected chi connectivity index (χ3v) is 3.66. The van der Waals surface area contributed by atoms with E-state index in [1.165, 1.54) is 6.07 Å². The highest BCUT2D eigenvalue weighted by atomic mass is 16.5. The van der Waals surface area contributed by atoms with Crippen molar-refractivity contribution in [3.8, 4) is 11.5 Å². The molecule has 1 aromatic carbocycles. The Labute approximate surface area is 153 Å². The minimum atomic E-state index is -0.648. The summed E-state index contributed by atoms with van der Waals surface area (Å²) in [5, 5.41) is 14.1. The number of nitrogens with one attached hydrogen (secondary N) is 2. The summed E-state index contributed by atoms with van der Waals surface area (Å²) in [7, 11) is 1.60. The Bertz CT molecular complexity index is 767. The molecule has 0 aliphatic rings. The summed E-state index contributed by atoms with van der Waals surface area (Å²) >= 11 is 0. The predicted octanol–water partition coefficient (Wildman–Crippen LogP) is 1.68. The van der Waals surface area contributed by atoms with Gasteiger partial charge < -0.3 is 29.6 Å². The largest absolute Gasteiger partial charge is 0.490 e. The molecule has 0 fully saturated rings. The Morgan fingerprint density at radius 2 is 1.85 bits per heavy atom. The number of hydrogen-bond donors (Lipinski definition) is 3. The normalized spacial score (nSPS) is 13.0. The molecule has 1 aromatic heterocycles. The lowest BCUT2D eigenvalue weighted by molar-refractivity contribution is 0.101. The van der Waals surface area contributed by atoms with Gasteiger partial charge in [0.15, 0.2) is 0 Å². The van der Waals surface area contributed by atoms with E-state index < -0.39 is 6.10 Å². The summed E-state index contributed by atoms with van der Waals surface area (Å²) in [6, 6.07) is 6.63. The van der Waals surface area contributed by atoms with Crippen LogP contribution in [0.1, 0.15) is 20.8 Å². The van der Waals surface area contributed by atoms with Crippen LogP contribution in [-0.2, 0) is 4.74 Å².